The van der Waals surface area contributed by atoms with Crippen molar-refractivity contribution in [3.8, 4) is 0 Å². The molecule has 4 rings (SSSR count). The highest BCUT2D eigenvalue weighted by molar-refractivity contribution is 7.92. The number of sulfonamides is 1. The van der Waals surface area contributed by atoms with Gasteiger partial charge in [0.25, 0.3) is 0 Å². The molecular formula is C23H24N2O2S. The minimum Gasteiger partial charge on any atom is -0.399 e. The van der Waals surface area contributed by atoms with Crippen molar-refractivity contribution in [3.05, 3.63) is 94.5 Å². The van der Waals surface area contributed by atoms with E-state index in [0.29, 0.717) is 5.69 Å². The van der Waals surface area contributed by atoms with Crippen LogP contribution in [-0.4, -0.2) is 14.7 Å². The number of fused-ring (bicyclic) bond motifs is 2. The Balaban J connectivity index is 1.76. The SMILES string of the molecule is CS(=O)(=O)Nc1cccc(C[C@@H]2c3ccccc3CCc3cc(N)ccc32)c1. The van der Waals surface area contributed by atoms with Crippen LogP contribution < -0.4 is 10.5 Å². The van der Waals surface area contributed by atoms with E-state index < -0.39 is 10.0 Å². The van der Waals surface area contributed by atoms with E-state index in [1.807, 2.05) is 18.2 Å². The number of aryl methyl sites for hydroxylation is 2. The van der Waals surface area contributed by atoms with Crippen LogP contribution in [0.4, 0.5) is 11.4 Å². The van der Waals surface area contributed by atoms with Crippen molar-refractivity contribution in [3.63, 3.8) is 0 Å². The summed E-state index contributed by atoms with van der Waals surface area (Å²) in [5.74, 6) is 0.211. The van der Waals surface area contributed by atoms with Crippen molar-refractivity contribution in [2.24, 2.45) is 0 Å². The van der Waals surface area contributed by atoms with Gasteiger partial charge >= 0.3 is 0 Å². The zero-order valence-electron chi connectivity index (χ0n) is 15.9. The molecule has 28 heavy (non-hydrogen) atoms. The molecule has 0 radical (unpaired) electrons. The van der Waals surface area contributed by atoms with Gasteiger partial charge in [-0.3, -0.25) is 4.72 Å². The van der Waals surface area contributed by atoms with Gasteiger partial charge in [0.05, 0.1) is 6.26 Å². The van der Waals surface area contributed by atoms with E-state index >= 15 is 0 Å². The maximum atomic E-state index is 11.6. The predicted octanol–water partition coefficient (Wildman–Crippen LogP) is 4.11. The number of nitrogens with one attached hydrogen (secondary N) is 1. The van der Waals surface area contributed by atoms with E-state index in [9.17, 15) is 8.42 Å². The fraction of sp³-hybridized carbons (Fsp3) is 0.217. The summed E-state index contributed by atoms with van der Waals surface area (Å²) in [4.78, 5) is 0. The van der Waals surface area contributed by atoms with Crippen LogP contribution in [0.1, 0.15) is 33.7 Å². The summed E-state index contributed by atoms with van der Waals surface area (Å²) in [5, 5.41) is 0. The van der Waals surface area contributed by atoms with E-state index in [-0.39, 0.29) is 5.92 Å². The van der Waals surface area contributed by atoms with Gasteiger partial charge in [0.1, 0.15) is 0 Å². The number of hydrogen-bond donors (Lipinski definition) is 2. The molecule has 0 saturated heterocycles. The van der Waals surface area contributed by atoms with Crippen molar-refractivity contribution in [2.45, 2.75) is 25.2 Å². The van der Waals surface area contributed by atoms with Crippen LogP contribution in [0.2, 0.25) is 0 Å². The number of nitrogen functional groups attached to an aromatic ring is 1. The van der Waals surface area contributed by atoms with Crippen molar-refractivity contribution in [1.82, 2.24) is 0 Å². The first-order valence-electron chi connectivity index (χ1n) is 9.42. The van der Waals surface area contributed by atoms with Gasteiger partial charge in [0.15, 0.2) is 0 Å². The van der Waals surface area contributed by atoms with E-state index in [2.05, 4.69) is 47.2 Å². The molecular weight excluding hydrogens is 368 g/mol. The average molecular weight is 393 g/mol. The Bertz CT molecular complexity index is 1120. The summed E-state index contributed by atoms with van der Waals surface area (Å²) >= 11 is 0. The van der Waals surface area contributed by atoms with E-state index in [4.69, 9.17) is 5.73 Å². The fourth-order valence-corrected chi connectivity index (χ4v) is 4.71. The monoisotopic (exact) mass is 392 g/mol. The molecule has 1 aliphatic carbocycles. The van der Waals surface area contributed by atoms with Crippen LogP contribution >= 0.6 is 0 Å². The van der Waals surface area contributed by atoms with Crippen molar-refractivity contribution >= 4 is 21.4 Å². The fourth-order valence-electron chi connectivity index (χ4n) is 4.15. The standard InChI is InChI=1S/C23H24N2O2S/c1-28(26,27)25-20-7-4-5-16(13-20)14-23-21-8-3-2-6-17(21)9-10-18-15-19(24)11-12-22(18)23/h2-8,11-13,15,23,25H,9-10,14,24H2,1H3/t23-/m1/s1. The summed E-state index contributed by atoms with van der Waals surface area (Å²) in [6.45, 7) is 0. The molecule has 5 heteroatoms. The van der Waals surface area contributed by atoms with Crippen LogP contribution in [0.25, 0.3) is 0 Å². The van der Waals surface area contributed by atoms with Crippen LogP contribution in [-0.2, 0) is 29.3 Å². The van der Waals surface area contributed by atoms with Gasteiger partial charge in [0.2, 0.25) is 10.0 Å². The Morgan fingerprint density at radius 3 is 2.50 bits per heavy atom. The highest BCUT2D eigenvalue weighted by atomic mass is 32.2. The maximum absolute atomic E-state index is 11.6. The predicted molar refractivity (Wildman–Crippen MR) is 115 cm³/mol. The van der Waals surface area contributed by atoms with Crippen molar-refractivity contribution < 1.29 is 8.42 Å². The summed E-state index contributed by atoms with van der Waals surface area (Å²) in [6.07, 6.45) is 3.94. The largest absolute Gasteiger partial charge is 0.399 e. The third kappa shape index (κ3) is 4.04. The first-order valence-corrected chi connectivity index (χ1v) is 11.3. The van der Waals surface area contributed by atoms with E-state index in [1.54, 1.807) is 6.07 Å². The molecule has 0 amide bonds. The number of anilines is 2. The molecule has 0 aromatic heterocycles. The first-order chi connectivity index (χ1) is 13.4. The minimum atomic E-state index is -3.30. The summed E-state index contributed by atoms with van der Waals surface area (Å²) in [5.41, 5.74) is 13.8. The van der Waals surface area contributed by atoms with Gasteiger partial charge in [-0.2, -0.15) is 0 Å². The molecule has 0 saturated carbocycles. The lowest BCUT2D eigenvalue weighted by Crippen LogP contribution is -2.11. The molecule has 3 aromatic carbocycles. The second kappa shape index (κ2) is 7.32. The Hall–Kier alpha value is -2.79. The normalized spacial score (nSPS) is 16.0. The lowest BCUT2D eigenvalue weighted by Gasteiger charge is -2.21. The number of hydrogen-bond acceptors (Lipinski definition) is 3. The maximum Gasteiger partial charge on any atom is 0.229 e. The summed E-state index contributed by atoms with van der Waals surface area (Å²) in [6, 6.07) is 22.5. The second-order valence-electron chi connectivity index (χ2n) is 7.49. The second-order valence-corrected chi connectivity index (χ2v) is 9.24. The van der Waals surface area contributed by atoms with Crippen LogP contribution in [0.5, 0.6) is 0 Å². The lowest BCUT2D eigenvalue weighted by molar-refractivity contribution is 0.607. The molecule has 0 fully saturated rings. The zero-order valence-corrected chi connectivity index (χ0v) is 16.7. The number of nitrogens with two attached hydrogens (primary N) is 1. The highest BCUT2D eigenvalue weighted by Gasteiger charge is 2.24. The molecule has 3 N–H and O–H groups in total. The molecule has 0 heterocycles. The van der Waals surface area contributed by atoms with Crippen molar-refractivity contribution in [1.29, 1.82) is 0 Å². The quantitative estimate of drug-likeness (QED) is 0.656. The lowest BCUT2D eigenvalue weighted by atomic mass is 9.83. The van der Waals surface area contributed by atoms with E-state index in [0.717, 1.165) is 30.5 Å². The van der Waals surface area contributed by atoms with Crippen LogP contribution in [0, 0.1) is 0 Å². The molecule has 1 atom stereocenters. The topological polar surface area (TPSA) is 72.2 Å². The van der Waals surface area contributed by atoms with Crippen LogP contribution in [0.3, 0.4) is 0 Å². The molecule has 3 aromatic rings. The smallest absolute Gasteiger partial charge is 0.229 e. The Kier molecular flexibility index (Phi) is 4.85. The third-order valence-corrected chi connectivity index (χ3v) is 5.91. The number of rotatable bonds is 4. The molecule has 4 nitrogen and oxygen atoms in total. The van der Waals surface area contributed by atoms with Gasteiger partial charge in [-0.05, 0) is 71.3 Å². The highest BCUT2D eigenvalue weighted by Crippen LogP contribution is 2.37. The Morgan fingerprint density at radius 1 is 0.929 bits per heavy atom. The molecule has 144 valence electrons. The zero-order chi connectivity index (χ0) is 19.7. The van der Waals surface area contributed by atoms with Gasteiger partial charge < -0.3 is 5.73 Å². The first kappa shape index (κ1) is 18.6. The van der Waals surface area contributed by atoms with Crippen LogP contribution in [0.15, 0.2) is 66.7 Å². The summed E-state index contributed by atoms with van der Waals surface area (Å²) in [7, 11) is -3.30. The third-order valence-electron chi connectivity index (χ3n) is 5.31. The Morgan fingerprint density at radius 2 is 1.68 bits per heavy atom. The molecule has 0 unspecified atom stereocenters. The minimum absolute atomic E-state index is 0.211. The average Bonchev–Trinajstić information content (AvgIpc) is 2.78. The van der Waals surface area contributed by atoms with E-state index in [1.165, 1.54) is 28.5 Å². The van der Waals surface area contributed by atoms with Gasteiger partial charge in [-0.15, -0.1) is 0 Å². The molecule has 1 aliphatic rings. The Labute approximate surface area is 166 Å². The van der Waals surface area contributed by atoms with Gasteiger partial charge in [-0.25, -0.2) is 8.42 Å². The molecule has 0 spiro atoms. The van der Waals surface area contributed by atoms with Gasteiger partial charge in [-0.1, -0.05) is 42.5 Å². The molecule has 0 bridgehead atoms. The van der Waals surface area contributed by atoms with Crippen molar-refractivity contribution in [2.75, 3.05) is 16.7 Å². The summed E-state index contributed by atoms with van der Waals surface area (Å²) < 4.78 is 25.7. The number of benzene rings is 3. The molecule has 0 aliphatic heterocycles. The van der Waals surface area contributed by atoms with Gasteiger partial charge in [0, 0.05) is 17.3 Å².